The molecule has 2 aromatic rings. The summed E-state index contributed by atoms with van der Waals surface area (Å²) in [6.07, 6.45) is 0. The maximum absolute atomic E-state index is 5.69. The molecule has 2 aromatic carbocycles. The van der Waals surface area contributed by atoms with Crippen LogP contribution in [0.25, 0.3) is 11.1 Å². The molecule has 3 heteroatoms. The number of halogens is 1. The van der Waals surface area contributed by atoms with Gasteiger partial charge in [-0.1, -0.05) is 65.8 Å². The van der Waals surface area contributed by atoms with Gasteiger partial charge in [0.1, 0.15) is 5.75 Å². The third-order valence-electron chi connectivity index (χ3n) is 4.43. The third-order valence-corrected chi connectivity index (χ3v) is 5.28. The van der Waals surface area contributed by atoms with E-state index in [9.17, 15) is 0 Å². The van der Waals surface area contributed by atoms with Gasteiger partial charge in [0.15, 0.2) is 6.79 Å². The van der Waals surface area contributed by atoms with Crippen LogP contribution in [0.2, 0.25) is 0 Å². The second-order valence-electron chi connectivity index (χ2n) is 8.70. The highest BCUT2D eigenvalue weighted by Crippen LogP contribution is 2.35. The molecule has 0 aliphatic heterocycles. The van der Waals surface area contributed by atoms with E-state index in [0.29, 0.717) is 13.4 Å². The summed E-state index contributed by atoms with van der Waals surface area (Å²) in [5.74, 6) is 0.867. The fourth-order valence-electron chi connectivity index (χ4n) is 2.65. The quantitative estimate of drug-likeness (QED) is 0.270. The fraction of sp³-hybridized carbons (Fsp3) is 0.478. The SMILES string of the molecule is CCOCOc1ccc(-c2cc(C(C)(C)C)cc(C(C)(C)C)c2)cc1I. The van der Waals surface area contributed by atoms with Crippen LogP contribution in [0.5, 0.6) is 5.75 Å². The molecule has 0 aliphatic rings. The van der Waals surface area contributed by atoms with Crippen LogP contribution in [0.15, 0.2) is 36.4 Å². The van der Waals surface area contributed by atoms with Crippen LogP contribution in [0.1, 0.15) is 59.6 Å². The largest absolute Gasteiger partial charge is 0.466 e. The molecule has 0 saturated carbocycles. The minimum Gasteiger partial charge on any atom is -0.466 e. The summed E-state index contributed by atoms with van der Waals surface area (Å²) in [7, 11) is 0. The maximum Gasteiger partial charge on any atom is 0.189 e. The Bertz CT molecular complexity index is 720. The molecule has 2 nitrogen and oxygen atoms in total. The highest BCUT2D eigenvalue weighted by molar-refractivity contribution is 14.1. The molecule has 0 amide bonds. The van der Waals surface area contributed by atoms with Gasteiger partial charge in [-0.25, -0.2) is 0 Å². The Kier molecular flexibility index (Phi) is 6.78. The van der Waals surface area contributed by atoms with E-state index in [-0.39, 0.29) is 10.8 Å². The van der Waals surface area contributed by atoms with Crippen molar-refractivity contribution >= 4 is 22.6 Å². The summed E-state index contributed by atoms with van der Waals surface area (Å²) < 4.78 is 12.1. The van der Waals surface area contributed by atoms with Crippen LogP contribution in [0.4, 0.5) is 0 Å². The van der Waals surface area contributed by atoms with Gasteiger partial charge in [-0.15, -0.1) is 0 Å². The lowest BCUT2D eigenvalue weighted by molar-refractivity contribution is 0.0219. The molecule has 0 unspecified atom stereocenters. The number of hydrogen-bond donors (Lipinski definition) is 0. The predicted octanol–water partition coefficient (Wildman–Crippen LogP) is 6.93. The fourth-order valence-corrected chi connectivity index (χ4v) is 3.32. The summed E-state index contributed by atoms with van der Waals surface area (Å²) in [6, 6.07) is 13.4. The molecule has 0 aliphatic carbocycles. The first-order valence-electron chi connectivity index (χ1n) is 9.19. The zero-order chi connectivity index (χ0) is 19.5. The van der Waals surface area contributed by atoms with Crippen molar-refractivity contribution in [3.8, 4) is 16.9 Å². The van der Waals surface area contributed by atoms with Crippen LogP contribution < -0.4 is 4.74 Å². The molecular formula is C23H31IO2. The van der Waals surface area contributed by atoms with Crippen molar-refractivity contribution in [3.63, 3.8) is 0 Å². The Balaban J connectivity index is 2.45. The zero-order valence-electron chi connectivity index (χ0n) is 17.1. The topological polar surface area (TPSA) is 18.5 Å². The van der Waals surface area contributed by atoms with Crippen LogP contribution >= 0.6 is 22.6 Å². The summed E-state index contributed by atoms with van der Waals surface area (Å²) in [5, 5.41) is 0. The van der Waals surface area contributed by atoms with Crippen molar-refractivity contribution in [2.75, 3.05) is 13.4 Å². The molecule has 0 saturated heterocycles. The Morgan fingerprint density at radius 1 is 0.808 bits per heavy atom. The highest BCUT2D eigenvalue weighted by atomic mass is 127. The normalized spacial score (nSPS) is 12.3. The Morgan fingerprint density at radius 3 is 1.85 bits per heavy atom. The molecule has 142 valence electrons. The average molecular weight is 466 g/mol. The van der Waals surface area contributed by atoms with E-state index in [4.69, 9.17) is 9.47 Å². The summed E-state index contributed by atoms with van der Waals surface area (Å²) >= 11 is 2.33. The number of hydrogen-bond acceptors (Lipinski definition) is 2. The second kappa shape index (κ2) is 8.30. The third kappa shape index (κ3) is 5.46. The molecular weight excluding hydrogens is 435 g/mol. The van der Waals surface area contributed by atoms with Gasteiger partial charge in [0.05, 0.1) is 3.57 Å². The lowest BCUT2D eigenvalue weighted by Crippen LogP contribution is -2.16. The van der Waals surface area contributed by atoms with Gasteiger partial charge in [0.25, 0.3) is 0 Å². The standard InChI is InChI=1S/C23H31IO2/c1-8-25-15-26-21-10-9-16(13-20(21)24)17-11-18(22(2,3)4)14-19(12-17)23(5,6)7/h9-14H,8,15H2,1-7H3. The second-order valence-corrected chi connectivity index (χ2v) is 9.86. The van der Waals surface area contributed by atoms with E-state index < -0.39 is 0 Å². The average Bonchev–Trinajstić information content (AvgIpc) is 2.54. The Hall–Kier alpha value is -1.07. The molecule has 0 fully saturated rings. The van der Waals surface area contributed by atoms with Crippen molar-refractivity contribution in [1.82, 2.24) is 0 Å². The highest BCUT2D eigenvalue weighted by Gasteiger charge is 2.21. The van der Waals surface area contributed by atoms with E-state index in [2.05, 4.69) is 94.5 Å². The summed E-state index contributed by atoms with van der Waals surface area (Å²) in [5.41, 5.74) is 5.44. The van der Waals surface area contributed by atoms with Gasteiger partial charge in [-0.05, 0) is 74.7 Å². The van der Waals surface area contributed by atoms with Gasteiger partial charge in [-0.3, -0.25) is 0 Å². The van der Waals surface area contributed by atoms with Crippen LogP contribution in [0, 0.1) is 3.57 Å². The first-order valence-corrected chi connectivity index (χ1v) is 10.3. The van der Waals surface area contributed by atoms with Gasteiger partial charge >= 0.3 is 0 Å². The molecule has 0 N–H and O–H groups in total. The first-order chi connectivity index (χ1) is 12.0. The Morgan fingerprint density at radius 2 is 1.38 bits per heavy atom. The van der Waals surface area contributed by atoms with E-state index >= 15 is 0 Å². The molecule has 0 atom stereocenters. The lowest BCUT2D eigenvalue weighted by atomic mass is 9.79. The van der Waals surface area contributed by atoms with Crippen molar-refractivity contribution < 1.29 is 9.47 Å². The van der Waals surface area contributed by atoms with Gasteiger partial charge < -0.3 is 9.47 Å². The molecule has 26 heavy (non-hydrogen) atoms. The lowest BCUT2D eigenvalue weighted by Gasteiger charge is -2.26. The van der Waals surface area contributed by atoms with E-state index in [1.165, 1.54) is 22.3 Å². The van der Waals surface area contributed by atoms with E-state index in [0.717, 1.165) is 9.32 Å². The smallest absolute Gasteiger partial charge is 0.189 e. The Labute approximate surface area is 172 Å². The maximum atomic E-state index is 5.69. The number of ether oxygens (including phenoxy) is 2. The number of rotatable bonds is 5. The molecule has 0 bridgehead atoms. The van der Waals surface area contributed by atoms with Gasteiger partial charge in [-0.2, -0.15) is 0 Å². The van der Waals surface area contributed by atoms with E-state index in [1.54, 1.807) is 0 Å². The molecule has 0 spiro atoms. The summed E-state index contributed by atoms with van der Waals surface area (Å²) in [6.45, 7) is 16.5. The van der Waals surface area contributed by atoms with Gasteiger partial charge in [0, 0.05) is 6.61 Å². The first kappa shape index (κ1) is 21.2. The molecule has 0 heterocycles. The zero-order valence-corrected chi connectivity index (χ0v) is 19.2. The van der Waals surface area contributed by atoms with E-state index in [1.807, 2.05) is 13.0 Å². The minimum absolute atomic E-state index is 0.115. The summed E-state index contributed by atoms with van der Waals surface area (Å²) in [4.78, 5) is 0. The van der Waals surface area contributed by atoms with Crippen LogP contribution in [-0.4, -0.2) is 13.4 Å². The van der Waals surface area contributed by atoms with Crippen molar-refractivity contribution in [2.45, 2.75) is 59.3 Å². The van der Waals surface area contributed by atoms with Gasteiger partial charge in [0.2, 0.25) is 0 Å². The van der Waals surface area contributed by atoms with Crippen molar-refractivity contribution in [2.24, 2.45) is 0 Å². The predicted molar refractivity (Wildman–Crippen MR) is 119 cm³/mol. The van der Waals surface area contributed by atoms with Crippen LogP contribution in [0.3, 0.4) is 0 Å². The van der Waals surface area contributed by atoms with Crippen molar-refractivity contribution in [1.29, 1.82) is 0 Å². The minimum atomic E-state index is 0.115. The monoisotopic (exact) mass is 466 g/mol. The molecule has 0 aromatic heterocycles. The molecule has 2 rings (SSSR count). The number of benzene rings is 2. The van der Waals surface area contributed by atoms with Crippen LogP contribution in [-0.2, 0) is 15.6 Å². The van der Waals surface area contributed by atoms with Crippen molar-refractivity contribution in [3.05, 3.63) is 51.1 Å². The molecule has 0 radical (unpaired) electrons.